The topological polar surface area (TPSA) is 15.3 Å². The quantitative estimate of drug-likeness (QED) is 0.918. The van der Waals surface area contributed by atoms with E-state index < -0.39 is 0 Å². The van der Waals surface area contributed by atoms with Crippen LogP contribution in [0.25, 0.3) is 0 Å². The number of hydrogen-bond acceptors (Lipinski definition) is 2. The highest BCUT2D eigenvalue weighted by molar-refractivity contribution is 5.43. The third-order valence-corrected chi connectivity index (χ3v) is 6.27. The first-order valence-corrected chi connectivity index (χ1v) is 8.63. The number of aryl methyl sites for hydroxylation is 1. The lowest BCUT2D eigenvalue weighted by Gasteiger charge is -2.55. The van der Waals surface area contributed by atoms with E-state index in [1.807, 2.05) is 0 Å². The number of nitrogens with zero attached hydrogens (tertiary/aromatic N) is 1. The second-order valence-corrected chi connectivity index (χ2v) is 7.80. The average Bonchev–Trinajstić information content (AvgIpc) is 3.27. The van der Waals surface area contributed by atoms with Crippen molar-refractivity contribution < 1.29 is 0 Å². The molecule has 1 aromatic rings. The Morgan fingerprint density at radius 3 is 2.86 bits per heavy atom. The maximum absolute atomic E-state index is 3.69. The van der Waals surface area contributed by atoms with Crippen molar-refractivity contribution in [1.82, 2.24) is 10.2 Å². The zero-order valence-electron chi connectivity index (χ0n) is 13.7. The van der Waals surface area contributed by atoms with Gasteiger partial charge in [0.25, 0.3) is 0 Å². The Morgan fingerprint density at radius 1 is 1.33 bits per heavy atom. The summed E-state index contributed by atoms with van der Waals surface area (Å²) in [6.07, 6.45) is 5.43. The molecule has 21 heavy (non-hydrogen) atoms. The SMILES string of the molecule is CN[C@@H]1[C@H]2Cc3ccc(C)cc3[C@@]1(C)CCN2CC1CC1. The van der Waals surface area contributed by atoms with Gasteiger partial charge in [0.1, 0.15) is 0 Å². The molecule has 4 rings (SSSR count). The Balaban J connectivity index is 1.73. The highest BCUT2D eigenvalue weighted by atomic mass is 15.2. The molecule has 0 aromatic heterocycles. The fourth-order valence-electron chi connectivity index (χ4n) is 4.88. The molecule has 1 saturated heterocycles. The van der Waals surface area contributed by atoms with E-state index in [1.54, 1.807) is 11.1 Å². The zero-order chi connectivity index (χ0) is 14.6. The number of rotatable bonds is 3. The van der Waals surface area contributed by atoms with Gasteiger partial charge in [-0.3, -0.25) is 4.90 Å². The molecule has 1 N–H and O–H groups in total. The first-order chi connectivity index (χ1) is 10.1. The minimum Gasteiger partial charge on any atom is -0.315 e. The molecule has 2 nitrogen and oxygen atoms in total. The summed E-state index contributed by atoms with van der Waals surface area (Å²) >= 11 is 0. The first kappa shape index (κ1) is 13.8. The van der Waals surface area contributed by atoms with Crippen molar-refractivity contribution in [3.8, 4) is 0 Å². The van der Waals surface area contributed by atoms with E-state index in [-0.39, 0.29) is 0 Å². The third kappa shape index (κ3) is 2.15. The normalized spacial score (nSPS) is 35.6. The molecule has 2 aliphatic carbocycles. The van der Waals surface area contributed by atoms with Crippen molar-refractivity contribution in [3.63, 3.8) is 0 Å². The zero-order valence-corrected chi connectivity index (χ0v) is 13.7. The van der Waals surface area contributed by atoms with Gasteiger partial charge >= 0.3 is 0 Å². The van der Waals surface area contributed by atoms with Crippen molar-refractivity contribution in [2.24, 2.45) is 5.92 Å². The molecule has 2 fully saturated rings. The van der Waals surface area contributed by atoms with E-state index in [9.17, 15) is 0 Å². The largest absolute Gasteiger partial charge is 0.315 e. The molecule has 1 aliphatic heterocycles. The van der Waals surface area contributed by atoms with Crippen LogP contribution in [-0.2, 0) is 11.8 Å². The minimum absolute atomic E-state index is 0.305. The van der Waals surface area contributed by atoms with Crippen molar-refractivity contribution in [2.75, 3.05) is 20.1 Å². The lowest BCUT2D eigenvalue weighted by atomic mass is 9.61. The Bertz CT molecular complexity index is 548. The molecule has 1 saturated carbocycles. The molecule has 0 radical (unpaired) electrons. The predicted molar refractivity (Wildman–Crippen MR) is 87.8 cm³/mol. The van der Waals surface area contributed by atoms with Crippen LogP contribution in [0.2, 0.25) is 0 Å². The van der Waals surface area contributed by atoms with Gasteiger partial charge in [-0.15, -0.1) is 0 Å². The van der Waals surface area contributed by atoms with Gasteiger partial charge in [0.05, 0.1) is 0 Å². The Kier molecular flexibility index (Phi) is 3.16. The van der Waals surface area contributed by atoms with Crippen LogP contribution in [0.4, 0.5) is 0 Å². The second-order valence-electron chi connectivity index (χ2n) is 7.80. The smallest absolute Gasteiger partial charge is 0.0318 e. The average molecular weight is 284 g/mol. The number of fused-ring (bicyclic) bond motifs is 4. The highest BCUT2D eigenvalue weighted by Gasteiger charge is 2.50. The van der Waals surface area contributed by atoms with Crippen LogP contribution in [-0.4, -0.2) is 37.1 Å². The van der Waals surface area contributed by atoms with E-state index in [0.29, 0.717) is 17.5 Å². The molecular weight excluding hydrogens is 256 g/mol. The molecule has 2 bridgehead atoms. The summed E-state index contributed by atoms with van der Waals surface area (Å²) in [6, 6.07) is 8.42. The number of nitrogens with one attached hydrogen (secondary N) is 1. The summed E-state index contributed by atoms with van der Waals surface area (Å²) in [7, 11) is 2.16. The molecule has 0 amide bonds. The molecule has 3 aliphatic rings. The molecule has 1 aromatic carbocycles. The monoisotopic (exact) mass is 284 g/mol. The molecule has 0 unspecified atom stereocenters. The standard InChI is InChI=1S/C19H28N2/c1-13-4-7-15-11-17-18(20-3)19(2,16(15)10-13)8-9-21(17)12-14-5-6-14/h4,7,10,14,17-18,20H,5-6,8-9,11-12H2,1-3H3/t17-,18-,19-/m1/s1. The van der Waals surface area contributed by atoms with Gasteiger partial charge in [-0.25, -0.2) is 0 Å². The van der Waals surface area contributed by atoms with E-state index in [1.165, 1.54) is 44.3 Å². The Morgan fingerprint density at radius 2 is 2.14 bits per heavy atom. The van der Waals surface area contributed by atoms with Crippen LogP contribution >= 0.6 is 0 Å². The fraction of sp³-hybridized carbons (Fsp3) is 0.684. The highest BCUT2D eigenvalue weighted by Crippen LogP contribution is 2.46. The summed E-state index contributed by atoms with van der Waals surface area (Å²) in [5.74, 6) is 0.992. The molecule has 1 heterocycles. The van der Waals surface area contributed by atoms with Gasteiger partial charge in [0, 0.05) is 24.0 Å². The number of likely N-dealkylation sites (tertiary alicyclic amines) is 1. The third-order valence-electron chi connectivity index (χ3n) is 6.27. The van der Waals surface area contributed by atoms with Gasteiger partial charge < -0.3 is 5.32 Å². The summed E-state index contributed by atoms with van der Waals surface area (Å²) < 4.78 is 0. The van der Waals surface area contributed by atoms with E-state index in [2.05, 4.69) is 49.3 Å². The van der Waals surface area contributed by atoms with Crippen molar-refractivity contribution in [2.45, 2.75) is 57.0 Å². The summed E-state index contributed by atoms with van der Waals surface area (Å²) in [5, 5.41) is 3.69. The Labute approximate surface area is 128 Å². The number of benzene rings is 1. The van der Waals surface area contributed by atoms with Gasteiger partial charge in [0.2, 0.25) is 0 Å². The number of likely N-dealkylation sites (N-methyl/N-ethyl adjacent to an activating group) is 1. The van der Waals surface area contributed by atoms with Crippen LogP contribution in [0.5, 0.6) is 0 Å². The van der Waals surface area contributed by atoms with Crippen LogP contribution in [0.1, 0.15) is 42.9 Å². The van der Waals surface area contributed by atoms with Gasteiger partial charge in [-0.05, 0) is 63.2 Å². The lowest BCUT2D eigenvalue weighted by Crippen LogP contribution is -2.66. The van der Waals surface area contributed by atoms with Crippen LogP contribution in [0, 0.1) is 12.8 Å². The summed E-state index contributed by atoms with van der Waals surface area (Å²) in [5.41, 5.74) is 4.92. The molecule has 114 valence electrons. The van der Waals surface area contributed by atoms with Crippen molar-refractivity contribution >= 4 is 0 Å². The van der Waals surface area contributed by atoms with Crippen molar-refractivity contribution in [3.05, 3.63) is 34.9 Å². The maximum atomic E-state index is 3.69. The lowest BCUT2D eigenvalue weighted by molar-refractivity contribution is 0.0465. The van der Waals surface area contributed by atoms with Gasteiger partial charge in [0.15, 0.2) is 0 Å². The van der Waals surface area contributed by atoms with Gasteiger partial charge in [-0.2, -0.15) is 0 Å². The molecular formula is C19H28N2. The predicted octanol–water partition coefficient (Wildman–Crippen LogP) is 2.88. The maximum Gasteiger partial charge on any atom is 0.0318 e. The number of hydrogen-bond donors (Lipinski definition) is 1. The van der Waals surface area contributed by atoms with Crippen LogP contribution in [0.3, 0.4) is 0 Å². The van der Waals surface area contributed by atoms with Crippen LogP contribution < -0.4 is 5.32 Å². The number of piperidine rings is 1. The first-order valence-electron chi connectivity index (χ1n) is 8.63. The molecule has 2 heteroatoms. The fourth-order valence-corrected chi connectivity index (χ4v) is 4.88. The molecule has 0 spiro atoms. The summed E-state index contributed by atoms with van der Waals surface area (Å²) in [4.78, 5) is 2.80. The molecule has 3 atom stereocenters. The minimum atomic E-state index is 0.305. The Hall–Kier alpha value is -0.860. The second kappa shape index (κ2) is 4.82. The van der Waals surface area contributed by atoms with Crippen molar-refractivity contribution in [1.29, 1.82) is 0 Å². The summed E-state index contributed by atoms with van der Waals surface area (Å²) in [6.45, 7) is 7.34. The van der Waals surface area contributed by atoms with Crippen LogP contribution in [0.15, 0.2) is 18.2 Å². The van der Waals surface area contributed by atoms with Gasteiger partial charge in [-0.1, -0.05) is 30.7 Å². The van der Waals surface area contributed by atoms with E-state index >= 15 is 0 Å². The van der Waals surface area contributed by atoms with E-state index in [4.69, 9.17) is 0 Å². The van der Waals surface area contributed by atoms with E-state index in [0.717, 1.165) is 5.92 Å².